The van der Waals surface area contributed by atoms with Gasteiger partial charge in [-0.2, -0.15) is 0 Å². The molecule has 18 heavy (non-hydrogen) atoms. The van der Waals surface area contributed by atoms with E-state index in [4.69, 9.17) is 10.5 Å². The van der Waals surface area contributed by atoms with E-state index in [1.807, 2.05) is 7.05 Å². The molecule has 2 rings (SSSR count). The zero-order chi connectivity index (χ0) is 13.1. The number of hydrogen-bond acceptors (Lipinski definition) is 4. The maximum absolute atomic E-state index is 12.0. The Balaban J connectivity index is 2.03. The first kappa shape index (κ1) is 12.7. The lowest BCUT2D eigenvalue weighted by molar-refractivity contribution is -0.119. The topological polar surface area (TPSA) is 67.6 Å². The first-order valence-corrected chi connectivity index (χ1v) is 6.03. The van der Waals surface area contributed by atoms with Gasteiger partial charge in [0.2, 0.25) is 5.91 Å². The fraction of sp³-hybridized carbons (Fsp3) is 0.462. The van der Waals surface area contributed by atoms with Crippen molar-refractivity contribution in [3.63, 3.8) is 0 Å². The van der Waals surface area contributed by atoms with Crippen LogP contribution in [-0.4, -0.2) is 38.1 Å². The number of nitrogens with two attached hydrogens (primary N) is 1. The molecule has 0 aromatic heterocycles. The van der Waals surface area contributed by atoms with E-state index in [1.54, 1.807) is 25.3 Å². The van der Waals surface area contributed by atoms with Crippen molar-refractivity contribution in [1.29, 1.82) is 0 Å². The van der Waals surface area contributed by atoms with E-state index < -0.39 is 0 Å². The highest BCUT2D eigenvalue weighted by atomic mass is 16.5. The Morgan fingerprint density at radius 2 is 2.33 bits per heavy atom. The zero-order valence-electron chi connectivity index (χ0n) is 10.8. The molecule has 1 atom stereocenters. The average Bonchev–Trinajstić information content (AvgIpc) is 2.78. The van der Waals surface area contributed by atoms with Gasteiger partial charge in [-0.15, -0.1) is 0 Å². The summed E-state index contributed by atoms with van der Waals surface area (Å²) in [6.45, 7) is 1.79. The second kappa shape index (κ2) is 5.27. The molecule has 0 saturated carbocycles. The number of amides is 1. The number of carbonyl (C=O) groups excluding carboxylic acids is 1. The number of likely N-dealkylation sites (tertiary alicyclic amines) is 1. The summed E-state index contributed by atoms with van der Waals surface area (Å²) in [6.07, 6.45) is 0.911. The van der Waals surface area contributed by atoms with Crippen molar-refractivity contribution >= 4 is 17.3 Å². The van der Waals surface area contributed by atoms with Crippen LogP contribution in [0.3, 0.4) is 0 Å². The van der Waals surface area contributed by atoms with E-state index in [-0.39, 0.29) is 11.8 Å². The Bertz CT molecular complexity index is 448. The Morgan fingerprint density at radius 1 is 1.56 bits per heavy atom. The van der Waals surface area contributed by atoms with Gasteiger partial charge >= 0.3 is 0 Å². The van der Waals surface area contributed by atoms with Crippen molar-refractivity contribution in [1.82, 2.24) is 4.90 Å². The van der Waals surface area contributed by atoms with Crippen LogP contribution in [0.4, 0.5) is 11.4 Å². The predicted molar refractivity (Wildman–Crippen MR) is 71.6 cm³/mol. The average molecular weight is 249 g/mol. The Morgan fingerprint density at radius 3 is 2.94 bits per heavy atom. The van der Waals surface area contributed by atoms with Gasteiger partial charge in [0.25, 0.3) is 0 Å². The van der Waals surface area contributed by atoms with Crippen molar-refractivity contribution in [2.24, 2.45) is 5.92 Å². The lowest BCUT2D eigenvalue weighted by atomic mass is 10.1. The smallest absolute Gasteiger partial charge is 0.228 e. The molecule has 0 spiro atoms. The fourth-order valence-corrected chi connectivity index (χ4v) is 2.18. The van der Waals surface area contributed by atoms with E-state index in [1.165, 1.54) is 0 Å². The molecule has 1 heterocycles. The van der Waals surface area contributed by atoms with E-state index in [2.05, 4.69) is 10.2 Å². The molecule has 0 bridgehead atoms. The first-order valence-electron chi connectivity index (χ1n) is 6.03. The number of carbonyl (C=O) groups is 1. The summed E-state index contributed by atoms with van der Waals surface area (Å²) in [7, 11) is 3.59. The number of methoxy groups -OCH3 is 1. The molecule has 5 nitrogen and oxygen atoms in total. The van der Waals surface area contributed by atoms with Crippen LogP contribution in [0.2, 0.25) is 0 Å². The van der Waals surface area contributed by atoms with Crippen molar-refractivity contribution < 1.29 is 9.53 Å². The van der Waals surface area contributed by atoms with Gasteiger partial charge in [0.1, 0.15) is 5.75 Å². The molecule has 98 valence electrons. The molecule has 0 aliphatic carbocycles. The summed E-state index contributed by atoms with van der Waals surface area (Å²) in [5, 5.41) is 2.91. The molecule has 1 aromatic rings. The zero-order valence-corrected chi connectivity index (χ0v) is 10.8. The maximum atomic E-state index is 12.0. The number of ether oxygens (including phenoxy) is 1. The summed E-state index contributed by atoms with van der Waals surface area (Å²) >= 11 is 0. The van der Waals surface area contributed by atoms with Crippen LogP contribution in [0.1, 0.15) is 6.42 Å². The Kier molecular flexibility index (Phi) is 3.72. The van der Waals surface area contributed by atoms with Crippen LogP contribution in [0.25, 0.3) is 0 Å². The molecule has 1 unspecified atom stereocenters. The summed E-state index contributed by atoms with van der Waals surface area (Å²) in [5.74, 6) is 0.709. The predicted octanol–water partition coefficient (Wildman–Crippen LogP) is 1.17. The fourth-order valence-electron chi connectivity index (χ4n) is 2.18. The molecule has 5 heteroatoms. The van der Waals surface area contributed by atoms with E-state index >= 15 is 0 Å². The van der Waals surface area contributed by atoms with Crippen LogP contribution in [0.5, 0.6) is 5.75 Å². The number of nitrogen functional groups attached to an aromatic ring is 1. The number of nitrogens with one attached hydrogen (secondary N) is 1. The molecule has 1 amide bonds. The summed E-state index contributed by atoms with van der Waals surface area (Å²) in [5.41, 5.74) is 7.02. The van der Waals surface area contributed by atoms with Gasteiger partial charge in [0, 0.05) is 18.3 Å². The molecule has 1 fully saturated rings. The summed E-state index contributed by atoms with van der Waals surface area (Å²) in [6, 6.07) is 5.26. The minimum atomic E-state index is 0.0613. The van der Waals surface area contributed by atoms with Gasteiger partial charge in [0.15, 0.2) is 0 Å². The highest BCUT2D eigenvalue weighted by Crippen LogP contribution is 2.26. The van der Waals surface area contributed by atoms with Crippen molar-refractivity contribution in [2.45, 2.75) is 6.42 Å². The number of rotatable bonds is 3. The SMILES string of the molecule is COc1cc(NC(=O)C2CCN(C)C2)ccc1N. The van der Waals surface area contributed by atoms with E-state index in [9.17, 15) is 4.79 Å². The minimum Gasteiger partial charge on any atom is -0.495 e. The number of anilines is 2. The van der Waals surface area contributed by atoms with Crippen LogP contribution >= 0.6 is 0 Å². The molecule has 1 saturated heterocycles. The van der Waals surface area contributed by atoms with Crippen molar-refractivity contribution in [3.05, 3.63) is 18.2 Å². The molecule has 3 N–H and O–H groups in total. The quantitative estimate of drug-likeness (QED) is 0.789. The highest BCUT2D eigenvalue weighted by molar-refractivity contribution is 5.93. The molecule has 1 aromatic carbocycles. The Labute approximate surface area is 107 Å². The molecular formula is C13H19N3O2. The third kappa shape index (κ3) is 2.73. The van der Waals surface area contributed by atoms with Gasteiger partial charge in [-0.1, -0.05) is 0 Å². The van der Waals surface area contributed by atoms with Crippen molar-refractivity contribution in [2.75, 3.05) is 38.3 Å². The standard InChI is InChI=1S/C13H19N3O2/c1-16-6-5-9(8-16)13(17)15-10-3-4-11(14)12(7-10)18-2/h3-4,7,9H,5-6,8,14H2,1-2H3,(H,15,17). The molecular weight excluding hydrogens is 230 g/mol. The third-order valence-electron chi connectivity index (χ3n) is 3.26. The monoisotopic (exact) mass is 249 g/mol. The largest absolute Gasteiger partial charge is 0.495 e. The Hall–Kier alpha value is -1.75. The van der Waals surface area contributed by atoms with Gasteiger partial charge in [0.05, 0.1) is 18.7 Å². The minimum absolute atomic E-state index is 0.0613. The van der Waals surface area contributed by atoms with Crippen LogP contribution in [0, 0.1) is 5.92 Å². The number of benzene rings is 1. The van der Waals surface area contributed by atoms with Crippen LogP contribution in [-0.2, 0) is 4.79 Å². The maximum Gasteiger partial charge on any atom is 0.228 e. The first-order chi connectivity index (χ1) is 8.60. The highest BCUT2D eigenvalue weighted by Gasteiger charge is 2.26. The van der Waals surface area contributed by atoms with E-state index in [0.29, 0.717) is 11.4 Å². The van der Waals surface area contributed by atoms with Gasteiger partial charge in [-0.05, 0) is 32.1 Å². The van der Waals surface area contributed by atoms with Crippen LogP contribution in [0.15, 0.2) is 18.2 Å². The molecule has 1 aliphatic rings. The van der Waals surface area contributed by atoms with Crippen LogP contribution < -0.4 is 15.8 Å². The normalized spacial score (nSPS) is 19.8. The second-order valence-electron chi connectivity index (χ2n) is 4.69. The lowest BCUT2D eigenvalue weighted by Gasteiger charge is -2.12. The number of hydrogen-bond donors (Lipinski definition) is 2. The van der Waals surface area contributed by atoms with Crippen molar-refractivity contribution in [3.8, 4) is 5.75 Å². The molecule has 0 radical (unpaired) electrons. The third-order valence-corrected chi connectivity index (χ3v) is 3.26. The molecule has 1 aliphatic heterocycles. The summed E-state index contributed by atoms with van der Waals surface area (Å²) in [4.78, 5) is 14.2. The summed E-state index contributed by atoms with van der Waals surface area (Å²) < 4.78 is 5.13. The second-order valence-corrected chi connectivity index (χ2v) is 4.69. The van der Waals surface area contributed by atoms with Gasteiger partial charge in [-0.25, -0.2) is 0 Å². The van der Waals surface area contributed by atoms with Gasteiger partial charge in [-0.3, -0.25) is 4.79 Å². The lowest BCUT2D eigenvalue weighted by Crippen LogP contribution is -2.25. The van der Waals surface area contributed by atoms with Gasteiger partial charge < -0.3 is 20.7 Å². The van der Waals surface area contributed by atoms with E-state index in [0.717, 1.165) is 25.2 Å². The number of nitrogens with zero attached hydrogens (tertiary/aromatic N) is 1.